The van der Waals surface area contributed by atoms with E-state index in [1.54, 1.807) is 7.11 Å². The molecule has 3 N–H and O–H groups in total. The Balaban J connectivity index is 2.01. The zero-order chi connectivity index (χ0) is 22.5. The Morgan fingerprint density at radius 3 is 2.48 bits per heavy atom. The van der Waals surface area contributed by atoms with Gasteiger partial charge in [-0.05, 0) is 56.5 Å². The SMILES string of the molecule is CCNC(=NCc1ccc(OCCO)c(OC)c1)NCC(C(C)C)N1CCCCCC1. The molecule has 2 rings (SSSR count). The third-order valence-corrected chi connectivity index (χ3v) is 5.70. The summed E-state index contributed by atoms with van der Waals surface area (Å²) >= 11 is 0. The van der Waals surface area contributed by atoms with Crippen LogP contribution in [0.25, 0.3) is 0 Å². The van der Waals surface area contributed by atoms with Gasteiger partial charge in [0.1, 0.15) is 6.61 Å². The van der Waals surface area contributed by atoms with Gasteiger partial charge in [0, 0.05) is 19.1 Å². The minimum atomic E-state index is -0.0261. The first-order valence-corrected chi connectivity index (χ1v) is 11.8. The van der Waals surface area contributed by atoms with Gasteiger partial charge in [-0.3, -0.25) is 4.90 Å². The van der Waals surface area contributed by atoms with Crippen molar-refractivity contribution in [3.05, 3.63) is 23.8 Å². The van der Waals surface area contributed by atoms with Crippen LogP contribution < -0.4 is 20.1 Å². The van der Waals surface area contributed by atoms with Crippen molar-refractivity contribution in [3.8, 4) is 11.5 Å². The van der Waals surface area contributed by atoms with Crippen molar-refractivity contribution in [2.24, 2.45) is 10.9 Å². The van der Waals surface area contributed by atoms with Crippen LogP contribution in [0.2, 0.25) is 0 Å². The van der Waals surface area contributed by atoms with Crippen LogP contribution in [0, 0.1) is 5.92 Å². The normalized spacial score (nSPS) is 16.6. The van der Waals surface area contributed by atoms with Crippen molar-refractivity contribution < 1.29 is 14.6 Å². The van der Waals surface area contributed by atoms with E-state index < -0.39 is 0 Å². The van der Waals surface area contributed by atoms with E-state index in [-0.39, 0.29) is 13.2 Å². The quantitative estimate of drug-likeness (QED) is 0.367. The summed E-state index contributed by atoms with van der Waals surface area (Å²) in [6, 6.07) is 6.29. The number of methoxy groups -OCH3 is 1. The molecule has 0 spiro atoms. The number of likely N-dealkylation sites (tertiary alicyclic amines) is 1. The van der Waals surface area contributed by atoms with Gasteiger partial charge in [-0.15, -0.1) is 0 Å². The van der Waals surface area contributed by atoms with Gasteiger partial charge >= 0.3 is 0 Å². The maximum absolute atomic E-state index is 8.96. The number of benzene rings is 1. The second-order valence-corrected chi connectivity index (χ2v) is 8.39. The van der Waals surface area contributed by atoms with E-state index in [4.69, 9.17) is 19.6 Å². The monoisotopic (exact) mass is 434 g/mol. The molecule has 31 heavy (non-hydrogen) atoms. The number of aliphatic hydroxyl groups is 1. The van der Waals surface area contributed by atoms with Gasteiger partial charge in [-0.2, -0.15) is 0 Å². The average molecular weight is 435 g/mol. The van der Waals surface area contributed by atoms with E-state index in [1.165, 1.54) is 38.8 Å². The van der Waals surface area contributed by atoms with Crippen molar-refractivity contribution in [2.45, 2.75) is 59.0 Å². The number of hydrogen-bond donors (Lipinski definition) is 3. The van der Waals surface area contributed by atoms with Gasteiger partial charge in [-0.1, -0.05) is 32.8 Å². The van der Waals surface area contributed by atoms with Crippen LogP contribution in [0.3, 0.4) is 0 Å². The number of aliphatic imine (C=N–C) groups is 1. The summed E-state index contributed by atoms with van der Waals surface area (Å²) in [5, 5.41) is 15.9. The minimum absolute atomic E-state index is 0.0261. The van der Waals surface area contributed by atoms with Gasteiger partial charge < -0.3 is 25.2 Å². The van der Waals surface area contributed by atoms with Gasteiger partial charge in [0.2, 0.25) is 0 Å². The smallest absolute Gasteiger partial charge is 0.191 e. The Morgan fingerprint density at radius 2 is 1.87 bits per heavy atom. The van der Waals surface area contributed by atoms with Gasteiger partial charge in [0.15, 0.2) is 17.5 Å². The Hall–Kier alpha value is -1.99. The van der Waals surface area contributed by atoms with Gasteiger partial charge in [-0.25, -0.2) is 4.99 Å². The van der Waals surface area contributed by atoms with Crippen molar-refractivity contribution in [2.75, 3.05) is 46.5 Å². The van der Waals surface area contributed by atoms with Crippen molar-refractivity contribution in [1.29, 1.82) is 0 Å². The molecule has 1 aliphatic heterocycles. The molecule has 176 valence electrons. The summed E-state index contributed by atoms with van der Waals surface area (Å²) < 4.78 is 10.9. The molecule has 1 aliphatic rings. The molecule has 1 saturated heterocycles. The highest BCUT2D eigenvalue weighted by Gasteiger charge is 2.22. The first-order chi connectivity index (χ1) is 15.1. The molecule has 0 saturated carbocycles. The van der Waals surface area contributed by atoms with E-state index >= 15 is 0 Å². The summed E-state index contributed by atoms with van der Waals surface area (Å²) in [6.07, 6.45) is 5.31. The summed E-state index contributed by atoms with van der Waals surface area (Å²) in [4.78, 5) is 7.44. The standard InChI is InChI=1S/C24H42N4O3/c1-5-25-24(27-18-21(19(2)3)28-12-8-6-7-9-13-28)26-17-20-10-11-22(31-15-14-29)23(16-20)30-4/h10-11,16,19,21,29H,5-9,12-15,17-18H2,1-4H3,(H2,25,26,27). The maximum Gasteiger partial charge on any atom is 0.191 e. The number of nitrogens with one attached hydrogen (secondary N) is 2. The lowest BCUT2D eigenvalue weighted by molar-refractivity contribution is 0.161. The molecule has 1 aromatic rings. The second kappa shape index (κ2) is 14.1. The largest absolute Gasteiger partial charge is 0.493 e. The Morgan fingerprint density at radius 1 is 1.13 bits per heavy atom. The lowest BCUT2D eigenvalue weighted by atomic mass is 10.0. The first-order valence-electron chi connectivity index (χ1n) is 11.8. The molecule has 1 atom stereocenters. The third-order valence-electron chi connectivity index (χ3n) is 5.70. The summed E-state index contributed by atoms with van der Waals surface area (Å²) in [6.45, 7) is 11.6. The number of aliphatic hydroxyl groups excluding tert-OH is 1. The van der Waals surface area contributed by atoms with Crippen LogP contribution >= 0.6 is 0 Å². The molecule has 0 aliphatic carbocycles. The molecule has 1 heterocycles. The Labute approximate surface area is 188 Å². The van der Waals surface area contributed by atoms with Gasteiger partial charge in [0.25, 0.3) is 0 Å². The van der Waals surface area contributed by atoms with Gasteiger partial charge in [0.05, 0.1) is 20.3 Å². The molecule has 0 bridgehead atoms. The van der Waals surface area contributed by atoms with E-state index in [9.17, 15) is 0 Å². The number of nitrogens with zero attached hydrogens (tertiary/aromatic N) is 2. The molecule has 7 nitrogen and oxygen atoms in total. The number of ether oxygens (including phenoxy) is 2. The van der Waals surface area contributed by atoms with Crippen molar-refractivity contribution in [3.63, 3.8) is 0 Å². The average Bonchev–Trinajstić information content (AvgIpc) is 3.05. The fourth-order valence-electron chi connectivity index (χ4n) is 4.01. The van der Waals surface area contributed by atoms with E-state index in [0.717, 1.165) is 24.6 Å². The highest BCUT2D eigenvalue weighted by atomic mass is 16.5. The predicted octanol–water partition coefficient (Wildman–Crippen LogP) is 3.02. The topological polar surface area (TPSA) is 78.4 Å². The van der Waals surface area contributed by atoms with Crippen LogP contribution in [0.1, 0.15) is 52.0 Å². The predicted molar refractivity (Wildman–Crippen MR) is 127 cm³/mol. The summed E-state index contributed by atoms with van der Waals surface area (Å²) in [5.41, 5.74) is 1.04. The third kappa shape index (κ3) is 8.57. The van der Waals surface area contributed by atoms with Crippen LogP contribution in [0.15, 0.2) is 23.2 Å². The first kappa shape index (κ1) is 25.3. The fourth-order valence-corrected chi connectivity index (χ4v) is 4.01. The maximum atomic E-state index is 8.96. The minimum Gasteiger partial charge on any atom is -0.493 e. The number of guanidine groups is 1. The van der Waals surface area contributed by atoms with Crippen LogP contribution in [0.4, 0.5) is 0 Å². The lowest BCUT2D eigenvalue weighted by Gasteiger charge is -2.34. The van der Waals surface area contributed by atoms with E-state index in [0.29, 0.717) is 30.0 Å². The second-order valence-electron chi connectivity index (χ2n) is 8.39. The van der Waals surface area contributed by atoms with Crippen LogP contribution in [-0.2, 0) is 6.54 Å². The Kier molecular flexibility index (Phi) is 11.5. The number of rotatable bonds is 11. The molecule has 0 radical (unpaired) electrons. The highest BCUT2D eigenvalue weighted by molar-refractivity contribution is 5.79. The van der Waals surface area contributed by atoms with E-state index in [1.807, 2.05) is 18.2 Å². The number of hydrogen-bond acceptors (Lipinski definition) is 5. The molecule has 7 heteroatoms. The Bertz CT molecular complexity index is 658. The highest BCUT2D eigenvalue weighted by Crippen LogP contribution is 2.28. The zero-order valence-corrected chi connectivity index (χ0v) is 19.8. The zero-order valence-electron chi connectivity index (χ0n) is 19.8. The van der Waals surface area contributed by atoms with Crippen LogP contribution in [0.5, 0.6) is 11.5 Å². The molecular weight excluding hydrogens is 392 g/mol. The molecule has 0 aromatic heterocycles. The summed E-state index contributed by atoms with van der Waals surface area (Å²) in [7, 11) is 1.62. The molecule has 1 aromatic carbocycles. The van der Waals surface area contributed by atoms with Crippen molar-refractivity contribution in [1.82, 2.24) is 15.5 Å². The molecule has 1 fully saturated rings. The molecular formula is C24H42N4O3. The summed E-state index contributed by atoms with van der Waals surface area (Å²) in [5.74, 6) is 2.71. The van der Waals surface area contributed by atoms with Crippen molar-refractivity contribution >= 4 is 5.96 Å². The van der Waals surface area contributed by atoms with E-state index in [2.05, 4.69) is 36.3 Å². The molecule has 0 amide bonds. The van der Waals surface area contributed by atoms with Crippen LogP contribution in [-0.4, -0.2) is 68.5 Å². The molecule has 1 unspecified atom stereocenters. The lowest BCUT2D eigenvalue weighted by Crippen LogP contribution is -2.49. The fraction of sp³-hybridized carbons (Fsp3) is 0.708.